The highest BCUT2D eigenvalue weighted by molar-refractivity contribution is 7.14. The maximum atomic E-state index is 4.40. The van der Waals surface area contributed by atoms with E-state index in [4.69, 9.17) is 0 Å². The van der Waals surface area contributed by atoms with Gasteiger partial charge in [-0.1, -0.05) is 6.92 Å². The van der Waals surface area contributed by atoms with Crippen LogP contribution in [0.3, 0.4) is 0 Å². The number of likely N-dealkylation sites (N-methyl/N-ethyl adjacent to an activating group) is 1. The Balaban J connectivity index is 1.80. The fourth-order valence-corrected chi connectivity index (χ4v) is 3.69. The van der Waals surface area contributed by atoms with Crippen molar-refractivity contribution in [3.8, 4) is 5.00 Å². The molecule has 5 nitrogen and oxygen atoms in total. The third kappa shape index (κ3) is 3.17. The summed E-state index contributed by atoms with van der Waals surface area (Å²) in [6.45, 7) is 9.58. The van der Waals surface area contributed by atoms with Crippen molar-refractivity contribution in [2.45, 2.75) is 26.8 Å². The molecule has 0 bridgehead atoms. The van der Waals surface area contributed by atoms with Crippen LogP contribution in [0.25, 0.3) is 5.00 Å². The van der Waals surface area contributed by atoms with E-state index < -0.39 is 0 Å². The second-order valence-electron chi connectivity index (χ2n) is 5.67. The van der Waals surface area contributed by atoms with E-state index in [1.165, 1.54) is 9.88 Å². The molecular weight excluding hydrogens is 282 g/mol. The average Bonchev–Trinajstić information content (AvgIpc) is 3.08. The van der Waals surface area contributed by atoms with E-state index in [2.05, 4.69) is 50.7 Å². The zero-order valence-electron chi connectivity index (χ0n) is 13.0. The third-order valence-electron chi connectivity index (χ3n) is 4.07. The van der Waals surface area contributed by atoms with Gasteiger partial charge in [-0.25, -0.2) is 0 Å². The minimum atomic E-state index is 0.883. The molecule has 3 rings (SSSR count). The molecule has 1 saturated heterocycles. The number of hydrogen-bond acceptors (Lipinski definition) is 5. The summed E-state index contributed by atoms with van der Waals surface area (Å²) in [6, 6.07) is 4.40. The van der Waals surface area contributed by atoms with E-state index in [9.17, 15) is 0 Å². The number of aryl methyl sites for hydroxylation is 2. The summed E-state index contributed by atoms with van der Waals surface area (Å²) in [6.07, 6.45) is 1.08. The molecule has 0 unspecified atom stereocenters. The number of nitrogens with zero attached hydrogens (tertiary/aromatic N) is 5. The number of aromatic nitrogens is 3. The number of thiophene rings is 1. The molecule has 21 heavy (non-hydrogen) atoms. The zero-order chi connectivity index (χ0) is 14.8. The lowest BCUT2D eigenvalue weighted by Crippen LogP contribution is -2.44. The van der Waals surface area contributed by atoms with Crippen molar-refractivity contribution in [1.82, 2.24) is 24.6 Å². The van der Waals surface area contributed by atoms with Crippen LogP contribution in [-0.4, -0.2) is 57.8 Å². The van der Waals surface area contributed by atoms with Crippen molar-refractivity contribution in [2.75, 3.05) is 33.2 Å². The zero-order valence-corrected chi connectivity index (χ0v) is 13.9. The molecule has 114 valence electrons. The Bertz CT molecular complexity index is 595. The standard InChI is InChI=1S/C15H23N5S/c1-4-13-5-6-15(21-13)20-12(2)16-17-14(20)11-19-9-7-18(3)8-10-19/h5-6H,4,7-11H2,1-3H3. The van der Waals surface area contributed by atoms with Crippen LogP contribution in [0.5, 0.6) is 0 Å². The summed E-state index contributed by atoms with van der Waals surface area (Å²) in [7, 11) is 2.18. The summed E-state index contributed by atoms with van der Waals surface area (Å²) in [5.41, 5.74) is 0. The van der Waals surface area contributed by atoms with Gasteiger partial charge in [-0.05, 0) is 32.5 Å². The normalized spacial score (nSPS) is 17.5. The van der Waals surface area contributed by atoms with Gasteiger partial charge in [0, 0.05) is 31.1 Å². The van der Waals surface area contributed by atoms with Crippen molar-refractivity contribution in [1.29, 1.82) is 0 Å². The molecular formula is C15H23N5S. The Morgan fingerprint density at radius 2 is 1.90 bits per heavy atom. The van der Waals surface area contributed by atoms with E-state index in [0.717, 1.165) is 50.8 Å². The summed E-state index contributed by atoms with van der Waals surface area (Å²) in [4.78, 5) is 6.25. The molecule has 0 saturated carbocycles. The predicted octanol–water partition coefficient (Wildman–Crippen LogP) is 1.95. The van der Waals surface area contributed by atoms with Crippen LogP contribution in [0.2, 0.25) is 0 Å². The lowest BCUT2D eigenvalue weighted by molar-refractivity contribution is 0.145. The fraction of sp³-hybridized carbons (Fsp3) is 0.600. The monoisotopic (exact) mass is 305 g/mol. The van der Waals surface area contributed by atoms with Crippen molar-refractivity contribution < 1.29 is 0 Å². The molecule has 0 amide bonds. The van der Waals surface area contributed by atoms with Gasteiger partial charge in [0.15, 0.2) is 5.82 Å². The Morgan fingerprint density at radius 3 is 2.57 bits per heavy atom. The van der Waals surface area contributed by atoms with Gasteiger partial charge in [0.2, 0.25) is 0 Å². The topological polar surface area (TPSA) is 37.2 Å². The third-order valence-corrected chi connectivity index (χ3v) is 5.28. The highest BCUT2D eigenvalue weighted by Crippen LogP contribution is 2.24. The van der Waals surface area contributed by atoms with Gasteiger partial charge in [-0.3, -0.25) is 9.47 Å². The first-order valence-corrected chi connectivity index (χ1v) is 8.40. The quantitative estimate of drug-likeness (QED) is 0.865. The van der Waals surface area contributed by atoms with Crippen LogP contribution in [0.15, 0.2) is 12.1 Å². The summed E-state index contributed by atoms with van der Waals surface area (Å²) in [5, 5.41) is 9.93. The van der Waals surface area contributed by atoms with Crippen LogP contribution in [0, 0.1) is 6.92 Å². The van der Waals surface area contributed by atoms with Gasteiger partial charge < -0.3 is 4.90 Å². The van der Waals surface area contributed by atoms with E-state index in [0.29, 0.717) is 0 Å². The highest BCUT2D eigenvalue weighted by atomic mass is 32.1. The first-order chi connectivity index (χ1) is 10.2. The van der Waals surface area contributed by atoms with Crippen LogP contribution < -0.4 is 0 Å². The lowest BCUT2D eigenvalue weighted by Gasteiger charge is -2.31. The van der Waals surface area contributed by atoms with Gasteiger partial charge >= 0.3 is 0 Å². The molecule has 0 aliphatic carbocycles. The molecule has 0 aromatic carbocycles. The molecule has 1 aliphatic rings. The Kier molecular flexibility index (Phi) is 4.37. The molecule has 0 atom stereocenters. The van der Waals surface area contributed by atoms with Gasteiger partial charge in [0.25, 0.3) is 0 Å². The van der Waals surface area contributed by atoms with Crippen LogP contribution in [0.4, 0.5) is 0 Å². The largest absolute Gasteiger partial charge is 0.304 e. The van der Waals surface area contributed by atoms with E-state index in [1.807, 2.05) is 18.3 Å². The van der Waals surface area contributed by atoms with E-state index in [-0.39, 0.29) is 0 Å². The molecule has 3 heterocycles. The molecule has 2 aromatic heterocycles. The molecule has 2 aromatic rings. The molecule has 0 N–H and O–H groups in total. The number of piperazine rings is 1. The molecule has 1 fully saturated rings. The van der Waals surface area contributed by atoms with Crippen LogP contribution >= 0.6 is 11.3 Å². The van der Waals surface area contributed by atoms with E-state index in [1.54, 1.807) is 0 Å². The number of hydrogen-bond donors (Lipinski definition) is 0. The predicted molar refractivity (Wildman–Crippen MR) is 86.1 cm³/mol. The first kappa shape index (κ1) is 14.7. The van der Waals surface area contributed by atoms with Crippen molar-refractivity contribution in [3.63, 3.8) is 0 Å². The minimum Gasteiger partial charge on any atom is -0.304 e. The maximum absolute atomic E-state index is 4.40. The summed E-state index contributed by atoms with van der Waals surface area (Å²) < 4.78 is 2.21. The molecule has 0 spiro atoms. The van der Waals surface area contributed by atoms with Gasteiger partial charge in [0.1, 0.15) is 10.8 Å². The Labute approximate surface area is 130 Å². The van der Waals surface area contributed by atoms with Gasteiger partial charge in [-0.2, -0.15) is 0 Å². The summed E-state index contributed by atoms with van der Waals surface area (Å²) >= 11 is 1.84. The molecule has 0 radical (unpaired) electrons. The van der Waals surface area contributed by atoms with E-state index >= 15 is 0 Å². The first-order valence-electron chi connectivity index (χ1n) is 7.58. The molecule has 6 heteroatoms. The smallest absolute Gasteiger partial charge is 0.152 e. The van der Waals surface area contributed by atoms with Gasteiger partial charge in [0.05, 0.1) is 6.54 Å². The Hall–Kier alpha value is -1.24. The highest BCUT2D eigenvalue weighted by Gasteiger charge is 2.19. The average molecular weight is 305 g/mol. The fourth-order valence-electron chi connectivity index (χ4n) is 2.68. The van der Waals surface area contributed by atoms with Crippen LogP contribution in [-0.2, 0) is 13.0 Å². The SMILES string of the molecule is CCc1ccc(-n2c(C)nnc2CN2CCN(C)CC2)s1. The van der Waals surface area contributed by atoms with Crippen LogP contribution in [0.1, 0.15) is 23.4 Å². The minimum absolute atomic E-state index is 0.883. The van der Waals surface area contributed by atoms with Crippen molar-refractivity contribution >= 4 is 11.3 Å². The molecule has 1 aliphatic heterocycles. The Morgan fingerprint density at radius 1 is 1.14 bits per heavy atom. The van der Waals surface area contributed by atoms with Crippen molar-refractivity contribution in [2.24, 2.45) is 0 Å². The van der Waals surface area contributed by atoms with Crippen molar-refractivity contribution in [3.05, 3.63) is 28.7 Å². The maximum Gasteiger partial charge on any atom is 0.152 e. The van der Waals surface area contributed by atoms with Gasteiger partial charge in [-0.15, -0.1) is 21.5 Å². The number of rotatable bonds is 4. The summed E-state index contributed by atoms with van der Waals surface area (Å²) in [5.74, 6) is 2.03. The second kappa shape index (κ2) is 6.25. The second-order valence-corrected chi connectivity index (χ2v) is 6.82. The lowest BCUT2D eigenvalue weighted by atomic mass is 10.3.